The van der Waals surface area contributed by atoms with Crippen LogP contribution in [0.1, 0.15) is 25.8 Å². The number of nitrogens with one attached hydrogen (secondary N) is 1. The number of rotatable bonds is 7. The Kier molecular flexibility index (Phi) is 7.34. The van der Waals surface area contributed by atoms with Gasteiger partial charge in [-0.1, -0.05) is 30.3 Å². The lowest BCUT2D eigenvalue weighted by molar-refractivity contribution is -0.145. The highest BCUT2D eigenvalue weighted by Crippen LogP contribution is 2.12. The fraction of sp³-hybridized carbons (Fsp3) is 0.375. The second kappa shape index (κ2) is 9.29. The van der Waals surface area contributed by atoms with E-state index in [1.807, 2.05) is 30.3 Å². The van der Waals surface area contributed by atoms with Crippen LogP contribution in [0.4, 0.5) is 0 Å². The molecule has 0 unspecified atom stereocenters. The van der Waals surface area contributed by atoms with Crippen molar-refractivity contribution < 1.29 is 14.3 Å². The van der Waals surface area contributed by atoms with Gasteiger partial charge in [0.05, 0.1) is 12.7 Å². The minimum absolute atomic E-state index is 0.276. The van der Waals surface area contributed by atoms with E-state index in [2.05, 4.69) is 10.5 Å². The molecule has 1 N–H and O–H groups in total. The zero-order chi connectivity index (χ0) is 16.4. The second-order valence-corrected chi connectivity index (χ2v) is 4.62. The van der Waals surface area contributed by atoms with Crippen LogP contribution in [0.25, 0.3) is 0 Å². The van der Waals surface area contributed by atoms with Crippen LogP contribution < -0.4 is 5.43 Å². The number of hydrogen-bond donors (Lipinski definition) is 1. The molecule has 0 aliphatic rings. The minimum Gasteiger partial charge on any atom is -0.465 e. The average molecular weight is 301 g/mol. The standard InChI is InChI=1S/C16H19N3O3/c1-3-22-16(21)14(11-13-7-5-4-6-8-13)12(2)18-19-15(20)9-10-17/h4-8,14H,3,9,11H2,1-2H3,(H,19,20)/b18-12-/t14-/m1/s1. The van der Waals surface area contributed by atoms with Gasteiger partial charge in [-0.05, 0) is 25.8 Å². The fourth-order valence-corrected chi connectivity index (χ4v) is 1.83. The van der Waals surface area contributed by atoms with Crippen LogP contribution in [0.2, 0.25) is 0 Å². The van der Waals surface area contributed by atoms with Crippen molar-refractivity contribution in [3.05, 3.63) is 35.9 Å². The number of nitrogens with zero attached hydrogens (tertiary/aromatic N) is 2. The molecule has 0 spiro atoms. The van der Waals surface area contributed by atoms with Crippen molar-refractivity contribution in [1.82, 2.24) is 5.43 Å². The summed E-state index contributed by atoms with van der Waals surface area (Å²) in [5, 5.41) is 12.3. The number of hydrazone groups is 1. The number of benzene rings is 1. The van der Waals surface area contributed by atoms with Gasteiger partial charge in [0, 0.05) is 5.71 Å². The Balaban J connectivity index is 2.85. The van der Waals surface area contributed by atoms with Crippen molar-refractivity contribution in [3.63, 3.8) is 0 Å². The molecule has 1 aromatic carbocycles. The largest absolute Gasteiger partial charge is 0.465 e. The van der Waals surface area contributed by atoms with Gasteiger partial charge in [0.2, 0.25) is 0 Å². The maximum atomic E-state index is 12.1. The van der Waals surface area contributed by atoms with Gasteiger partial charge in [-0.2, -0.15) is 10.4 Å². The van der Waals surface area contributed by atoms with Gasteiger partial charge in [0.1, 0.15) is 12.3 Å². The van der Waals surface area contributed by atoms with E-state index < -0.39 is 11.8 Å². The third kappa shape index (κ3) is 5.75. The quantitative estimate of drug-likeness (QED) is 0.472. The van der Waals surface area contributed by atoms with Crippen LogP contribution in [0, 0.1) is 17.2 Å². The predicted octanol–water partition coefficient (Wildman–Crippen LogP) is 1.81. The molecule has 0 saturated heterocycles. The number of esters is 1. The van der Waals surface area contributed by atoms with E-state index in [0.717, 1.165) is 5.56 Å². The molecule has 1 amide bonds. The first kappa shape index (κ1) is 17.4. The second-order valence-electron chi connectivity index (χ2n) is 4.62. The summed E-state index contributed by atoms with van der Waals surface area (Å²) in [5.41, 5.74) is 3.67. The molecule has 0 aliphatic carbocycles. The number of nitriles is 1. The summed E-state index contributed by atoms with van der Waals surface area (Å²) in [6.45, 7) is 3.66. The highest BCUT2D eigenvalue weighted by atomic mass is 16.5. The van der Waals surface area contributed by atoms with Gasteiger partial charge in [0.25, 0.3) is 5.91 Å². The normalized spacial score (nSPS) is 12.1. The zero-order valence-electron chi connectivity index (χ0n) is 12.7. The predicted molar refractivity (Wildman–Crippen MR) is 81.8 cm³/mol. The number of carbonyl (C=O) groups excluding carboxylic acids is 2. The molecule has 0 fully saturated rings. The Morgan fingerprint density at radius 3 is 2.64 bits per heavy atom. The van der Waals surface area contributed by atoms with Crippen molar-refractivity contribution in [2.24, 2.45) is 11.0 Å². The Bertz CT molecular complexity index is 576. The smallest absolute Gasteiger partial charge is 0.315 e. The maximum Gasteiger partial charge on any atom is 0.315 e. The zero-order valence-corrected chi connectivity index (χ0v) is 12.7. The third-order valence-electron chi connectivity index (χ3n) is 2.95. The molecule has 22 heavy (non-hydrogen) atoms. The highest BCUT2D eigenvalue weighted by molar-refractivity contribution is 6.01. The Labute approximate surface area is 129 Å². The SMILES string of the molecule is CCOC(=O)[C@H](Cc1ccccc1)/C(C)=N\NC(=O)CC#N. The maximum absolute atomic E-state index is 12.1. The van der Waals surface area contributed by atoms with Crippen molar-refractivity contribution in [2.45, 2.75) is 26.7 Å². The van der Waals surface area contributed by atoms with E-state index in [1.54, 1.807) is 19.9 Å². The molecule has 0 aliphatic heterocycles. The Morgan fingerprint density at radius 1 is 1.36 bits per heavy atom. The fourth-order valence-electron chi connectivity index (χ4n) is 1.83. The van der Waals surface area contributed by atoms with Gasteiger partial charge in [-0.3, -0.25) is 9.59 Å². The minimum atomic E-state index is -0.579. The summed E-state index contributed by atoms with van der Waals surface area (Å²) in [7, 11) is 0. The molecule has 0 heterocycles. The molecular formula is C16H19N3O3. The molecule has 0 saturated carbocycles. The lowest BCUT2D eigenvalue weighted by Crippen LogP contribution is -2.29. The number of hydrogen-bond acceptors (Lipinski definition) is 5. The van der Waals surface area contributed by atoms with E-state index in [9.17, 15) is 9.59 Å². The first-order valence-electron chi connectivity index (χ1n) is 6.99. The van der Waals surface area contributed by atoms with Crippen LogP contribution in [-0.2, 0) is 20.7 Å². The third-order valence-corrected chi connectivity index (χ3v) is 2.95. The van der Waals surface area contributed by atoms with Crippen molar-refractivity contribution in [3.8, 4) is 6.07 Å². The van der Waals surface area contributed by atoms with Crippen LogP contribution in [0.3, 0.4) is 0 Å². The molecule has 1 aromatic rings. The summed E-state index contributed by atoms with van der Waals surface area (Å²) in [6.07, 6.45) is 0.155. The topological polar surface area (TPSA) is 91.5 Å². The molecule has 6 heteroatoms. The van der Waals surface area contributed by atoms with Crippen LogP contribution >= 0.6 is 0 Å². The molecule has 116 valence electrons. The van der Waals surface area contributed by atoms with Crippen LogP contribution in [0.15, 0.2) is 35.4 Å². The van der Waals surface area contributed by atoms with E-state index in [0.29, 0.717) is 12.1 Å². The molecule has 0 aromatic heterocycles. The molecule has 0 radical (unpaired) electrons. The molecular weight excluding hydrogens is 282 g/mol. The molecule has 1 atom stereocenters. The number of carbonyl (C=O) groups is 2. The van der Waals surface area contributed by atoms with Gasteiger partial charge >= 0.3 is 5.97 Å². The summed E-state index contributed by atoms with van der Waals surface area (Å²) >= 11 is 0. The van der Waals surface area contributed by atoms with Gasteiger partial charge in [-0.15, -0.1) is 0 Å². The van der Waals surface area contributed by atoms with E-state index >= 15 is 0 Å². The van der Waals surface area contributed by atoms with Crippen molar-refractivity contribution in [2.75, 3.05) is 6.61 Å². The summed E-state index contributed by atoms with van der Waals surface area (Å²) < 4.78 is 5.07. The molecule has 0 bridgehead atoms. The summed E-state index contributed by atoms with van der Waals surface area (Å²) in [5.74, 6) is -1.48. The summed E-state index contributed by atoms with van der Waals surface area (Å²) in [6, 6.07) is 11.2. The first-order chi connectivity index (χ1) is 10.6. The molecule has 1 rings (SSSR count). The van der Waals surface area contributed by atoms with E-state index in [-0.39, 0.29) is 19.0 Å². The number of ether oxygens (including phenoxy) is 1. The highest BCUT2D eigenvalue weighted by Gasteiger charge is 2.23. The lowest BCUT2D eigenvalue weighted by atomic mass is 9.95. The van der Waals surface area contributed by atoms with Gasteiger partial charge in [0.15, 0.2) is 0 Å². The Morgan fingerprint density at radius 2 is 2.05 bits per heavy atom. The molecule has 6 nitrogen and oxygen atoms in total. The summed E-state index contributed by atoms with van der Waals surface area (Å²) in [4.78, 5) is 23.4. The lowest BCUT2D eigenvalue weighted by Gasteiger charge is -2.15. The van der Waals surface area contributed by atoms with Crippen molar-refractivity contribution in [1.29, 1.82) is 5.26 Å². The van der Waals surface area contributed by atoms with Crippen LogP contribution in [-0.4, -0.2) is 24.2 Å². The van der Waals surface area contributed by atoms with E-state index in [1.165, 1.54) is 0 Å². The first-order valence-corrected chi connectivity index (χ1v) is 6.99. The monoisotopic (exact) mass is 301 g/mol. The Hall–Kier alpha value is -2.68. The van der Waals surface area contributed by atoms with Crippen molar-refractivity contribution >= 4 is 17.6 Å². The average Bonchev–Trinajstić information content (AvgIpc) is 2.52. The number of amides is 1. The van der Waals surface area contributed by atoms with Gasteiger partial charge < -0.3 is 4.74 Å². The van der Waals surface area contributed by atoms with Crippen LogP contribution in [0.5, 0.6) is 0 Å². The van der Waals surface area contributed by atoms with Gasteiger partial charge in [-0.25, -0.2) is 5.43 Å². The van der Waals surface area contributed by atoms with E-state index in [4.69, 9.17) is 10.00 Å².